The van der Waals surface area contributed by atoms with Crippen LogP contribution in [0, 0.1) is 0 Å². The number of aliphatic hydroxyl groups is 12. The van der Waals surface area contributed by atoms with Crippen molar-refractivity contribution >= 4 is 0 Å². The van der Waals surface area contributed by atoms with Gasteiger partial charge in [-0.25, -0.2) is 0 Å². The maximum atomic E-state index is 11.7. The second kappa shape index (κ2) is 69.0. The normalized spacial score (nSPS) is 25.7. The lowest BCUT2D eigenvalue weighted by molar-refractivity contribution is -0.216. The van der Waals surface area contributed by atoms with Crippen LogP contribution in [-0.2, 0) is 56.8 Å². The number of hydrogen-bond donors (Lipinski definition) is 12. The quantitative estimate of drug-likeness (QED) is 0.0403. The Bertz CT molecular complexity index is 2760. The predicted molar refractivity (Wildman–Crippen MR) is 529 cm³/mol. The van der Waals surface area contributed by atoms with E-state index in [-0.39, 0.29) is 106 Å². The lowest BCUT2D eigenvalue weighted by Crippen LogP contribution is -2.55. The highest BCUT2D eigenvalue weighted by molar-refractivity contribution is 4.93. The Hall–Kier alpha value is -1.44. The molecular weight excluding hydrogens is 1780 g/mol. The van der Waals surface area contributed by atoms with Gasteiger partial charge in [0.15, 0.2) is 0 Å². The maximum absolute atomic E-state index is 11.7. The summed E-state index contributed by atoms with van der Waals surface area (Å²) in [6.45, 7) is 27.5. The zero-order valence-electron chi connectivity index (χ0n) is 85.2. The van der Waals surface area contributed by atoms with Crippen LogP contribution in [0.5, 0.6) is 0 Å². The van der Waals surface area contributed by atoms with Crippen molar-refractivity contribution in [3.05, 3.63) is 0 Å². The van der Waals surface area contributed by atoms with Gasteiger partial charge in [-0.15, -0.1) is 0 Å². The van der Waals surface area contributed by atoms with Crippen LogP contribution in [0.4, 0.5) is 0 Å². The second-order valence-electron chi connectivity index (χ2n) is 42.9. The Morgan fingerprint density at radius 3 is 0.348 bits per heavy atom. The van der Waals surface area contributed by atoms with E-state index in [2.05, 4.69) is 58.8 Å². The molecule has 0 amide bonds. The van der Waals surface area contributed by atoms with Gasteiger partial charge in [0, 0.05) is 78.5 Å². The number of β-amino-alcohol motifs (C(OH)–C–C–N with tert-alkyl or cyclic N) is 12. The summed E-state index contributed by atoms with van der Waals surface area (Å²) in [5.74, 6) is 0. The van der Waals surface area contributed by atoms with E-state index in [0.717, 1.165) is 311 Å². The molecule has 12 heterocycles. The minimum absolute atomic E-state index is 0.0272. The first-order chi connectivity index (χ1) is 67.3. The molecule has 0 bridgehead atoms. The van der Waals surface area contributed by atoms with Crippen LogP contribution in [0.2, 0.25) is 0 Å². The Morgan fingerprint density at radius 1 is 0.123 bits per heavy atom. The molecule has 0 spiro atoms. The molecule has 808 valence electrons. The smallest absolute Gasteiger partial charge is 0.115 e. The topological polar surface area (TPSA) is 392 Å². The summed E-state index contributed by atoms with van der Waals surface area (Å²) in [7, 11) is 0. The Morgan fingerprint density at radius 2 is 0.225 bits per heavy atom. The number of ether oxygens (including phenoxy) is 12. The summed E-state index contributed by atoms with van der Waals surface area (Å²) in [6, 6.07) is 0. The minimum atomic E-state index is -1.00. The fourth-order valence-corrected chi connectivity index (χ4v) is 22.6. The van der Waals surface area contributed by atoms with Crippen LogP contribution in [0.15, 0.2) is 0 Å². The highest BCUT2D eigenvalue weighted by Crippen LogP contribution is 2.28. The first-order valence-corrected chi connectivity index (χ1v) is 55.4. The molecule has 36 heteroatoms. The van der Waals surface area contributed by atoms with Gasteiger partial charge in [0.25, 0.3) is 0 Å². The van der Waals surface area contributed by atoms with Crippen LogP contribution in [-0.4, -0.2) is 583 Å². The van der Waals surface area contributed by atoms with Crippen molar-refractivity contribution in [2.75, 3.05) is 341 Å². The Balaban J connectivity index is 0.000000266. The average molecular weight is 1970 g/mol. The van der Waals surface area contributed by atoms with Gasteiger partial charge in [-0.1, -0.05) is 38.5 Å². The van der Waals surface area contributed by atoms with Gasteiger partial charge >= 0.3 is 0 Å². The number of hydrogen-bond acceptors (Lipinski definition) is 36. The van der Waals surface area contributed by atoms with Gasteiger partial charge in [-0.2, -0.15) is 0 Å². The number of piperidine rings is 6. The van der Waals surface area contributed by atoms with Crippen LogP contribution in [0.1, 0.15) is 193 Å². The van der Waals surface area contributed by atoms with Crippen molar-refractivity contribution < 1.29 is 118 Å². The van der Waals surface area contributed by atoms with E-state index >= 15 is 0 Å². The van der Waals surface area contributed by atoms with Crippen molar-refractivity contribution in [2.45, 2.75) is 315 Å². The summed E-state index contributed by atoms with van der Waals surface area (Å²) in [5, 5.41) is 137. The van der Waals surface area contributed by atoms with Gasteiger partial charge in [-0.3, -0.25) is 0 Å². The van der Waals surface area contributed by atoms with E-state index < -0.39 is 122 Å². The zero-order chi connectivity index (χ0) is 96.9. The summed E-state index contributed by atoms with van der Waals surface area (Å²) in [5.41, 5.74) is 0. The third-order valence-corrected chi connectivity index (χ3v) is 29.9. The van der Waals surface area contributed by atoms with Crippen molar-refractivity contribution in [1.29, 1.82) is 0 Å². The van der Waals surface area contributed by atoms with Gasteiger partial charge in [0.2, 0.25) is 0 Å². The second-order valence-corrected chi connectivity index (χ2v) is 42.9. The maximum Gasteiger partial charge on any atom is 0.115 e. The summed E-state index contributed by atoms with van der Waals surface area (Å²) < 4.78 is 79.8. The third-order valence-electron chi connectivity index (χ3n) is 29.9. The van der Waals surface area contributed by atoms with Crippen LogP contribution in [0.3, 0.4) is 0 Å². The first-order valence-electron chi connectivity index (χ1n) is 55.4. The van der Waals surface area contributed by atoms with Crippen LogP contribution >= 0.6 is 0 Å². The fraction of sp³-hybridized carbons (Fsp3) is 1.00. The fourth-order valence-electron chi connectivity index (χ4n) is 22.6. The molecule has 0 aliphatic carbocycles. The van der Waals surface area contributed by atoms with Gasteiger partial charge in [0.1, 0.15) is 48.8 Å². The SMILES string of the molecule is OC(COCC(OCC(O)CN1CCCC1)C(OCC(O)CN1CCCC1)C(OCC(O)CN1CCCC1)C(COCC(O)CN1CCCC1)OCC(O)CN1CCCC1)CN1CCCC1.OC(COCC(OCC(O)CN1CCCCC1)C(OCC(O)CN1CCCCC1)C(OCC(O)CN1CCCCC1)C(COCC(O)CN1CCCCC1)OCC(O)CN1CCCCC1)CN1CCCCC1. The molecule has 0 aromatic heterocycles. The number of aliphatic hydroxyl groups excluding tert-OH is 12. The largest absolute Gasteiger partial charge is 0.389 e. The molecule has 0 aromatic rings. The predicted octanol–water partition coefficient (Wildman–Crippen LogP) is 0.942. The molecular formula is C102H196N12O24. The van der Waals surface area contributed by atoms with E-state index in [1.54, 1.807) is 0 Å². The summed E-state index contributed by atoms with van der Waals surface area (Å²) >= 11 is 0. The highest BCUT2D eigenvalue weighted by Gasteiger charge is 2.44. The molecule has 12 fully saturated rings. The molecule has 12 N–H and O–H groups in total. The lowest BCUT2D eigenvalue weighted by Gasteiger charge is -2.39. The number of nitrogens with zero attached hydrogens (tertiary/aromatic N) is 12. The monoisotopic (exact) mass is 1970 g/mol. The summed E-state index contributed by atoms with van der Waals surface area (Å²) in [6.07, 6.45) is 16.3. The van der Waals surface area contributed by atoms with Crippen molar-refractivity contribution in [3.8, 4) is 0 Å². The molecule has 12 aliphatic rings. The van der Waals surface area contributed by atoms with Crippen molar-refractivity contribution in [1.82, 2.24) is 58.8 Å². The minimum Gasteiger partial charge on any atom is -0.389 e. The molecule has 12 aliphatic heterocycles. The standard InChI is InChI=1S/C54H104N6O12.C48H92N6O12/c61-45(31-55-19-7-1-8-20-55)37-67-43-51(69-39-47(63)33-57-23-11-3-12-24-57)53(71-41-49(65)35-59-27-15-5-16-28-59)54(72-42-50(66)36-60-29-17-6-18-30-60)52(70-40-48(64)34-58-25-13-4-14-26-58)44-68-38-46(62)32-56-21-9-2-10-22-56;55-39(25-49-13-1-2-14-49)31-61-37-45(63-33-41(57)27-51-17-5-6-18-51)47(65-35-43(59)29-53-21-9-10-22-53)48(66-36-44(60)30-54-23-11-12-24-54)46(64-34-42(58)28-52-19-7-8-20-52)38-62-32-40(56)26-50-15-3-4-16-50/h45-54,61-66H,1-44H2;39-48,55-60H,1-38H2. The van der Waals surface area contributed by atoms with Crippen LogP contribution in [0.25, 0.3) is 0 Å². The van der Waals surface area contributed by atoms with Crippen molar-refractivity contribution in [3.63, 3.8) is 0 Å². The summed E-state index contributed by atoms with van der Waals surface area (Å²) in [4.78, 5) is 27.1. The molecule has 138 heavy (non-hydrogen) atoms. The van der Waals surface area contributed by atoms with E-state index in [0.29, 0.717) is 78.5 Å². The lowest BCUT2D eigenvalue weighted by atomic mass is 10.0. The number of likely N-dealkylation sites (tertiary alicyclic amines) is 12. The first kappa shape index (κ1) is 117. The molecule has 20 atom stereocenters. The van der Waals surface area contributed by atoms with E-state index in [1.807, 2.05) is 0 Å². The van der Waals surface area contributed by atoms with Gasteiger partial charge in [0.05, 0.1) is 179 Å². The third kappa shape index (κ3) is 47.6. The van der Waals surface area contributed by atoms with Crippen molar-refractivity contribution in [2.24, 2.45) is 0 Å². The van der Waals surface area contributed by atoms with E-state index in [1.165, 1.54) is 38.5 Å². The van der Waals surface area contributed by atoms with E-state index in [4.69, 9.17) is 56.8 Å². The van der Waals surface area contributed by atoms with Gasteiger partial charge in [-0.05, 0) is 311 Å². The average Bonchev–Trinajstić information content (AvgIpc) is 1.46. The molecule has 0 radical (unpaired) electrons. The molecule has 36 nitrogen and oxygen atoms in total. The Kier molecular flexibility index (Phi) is 58.4. The zero-order valence-corrected chi connectivity index (χ0v) is 85.2. The molecule has 12 rings (SSSR count). The Labute approximate surface area is 829 Å². The molecule has 0 aromatic carbocycles. The van der Waals surface area contributed by atoms with Crippen LogP contribution < -0.4 is 0 Å². The molecule has 0 saturated carbocycles. The molecule has 20 unspecified atom stereocenters. The van der Waals surface area contributed by atoms with E-state index in [9.17, 15) is 61.3 Å². The number of rotatable bonds is 70. The highest BCUT2D eigenvalue weighted by atomic mass is 16.6. The van der Waals surface area contributed by atoms with Gasteiger partial charge < -0.3 is 177 Å². The molecule has 12 saturated heterocycles.